The van der Waals surface area contributed by atoms with Crippen LogP contribution in [0.1, 0.15) is 33.1 Å². The number of nitrogens with one attached hydrogen (secondary N) is 1. The predicted molar refractivity (Wildman–Crippen MR) is 67.0 cm³/mol. The zero-order valence-corrected chi connectivity index (χ0v) is 11.2. The van der Waals surface area contributed by atoms with E-state index < -0.39 is 5.54 Å². The van der Waals surface area contributed by atoms with Gasteiger partial charge in [-0.05, 0) is 19.3 Å². The number of amides is 2. The van der Waals surface area contributed by atoms with E-state index in [1.165, 1.54) is 0 Å². The monoisotopic (exact) mass is 254 g/mol. The molecule has 102 valence electrons. The fraction of sp³-hybridized carbons (Fsp3) is 0.846. The van der Waals surface area contributed by atoms with E-state index in [0.29, 0.717) is 31.9 Å². The van der Waals surface area contributed by atoms with E-state index in [2.05, 4.69) is 5.32 Å². The first-order valence-corrected chi connectivity index (χ1v) is 6.79. The van der Waals surface area contributed by atoms with Gasteiger partial charge < -0.3 is 15.0 Å². The first kappa shape index (κ1) is 13.3. The van der Waals surface area contributed by atoms with Crippen molar-refractivity contribution in [2.75, 3.05) is 26.3 Å². The van der Waals surface area contributed by atoms with Crippen LogP contribution in [0.15, 0.2) is 0 Å². The molecule has 1 N–H and O–H groups in total. The van der Waals surface area contributed by atoms with Crippen molar-refractivity contribution in [2.24, 2.45) is 5.92 Å². The van der Waals surface area contributed by atoms with E-state index in [1.807, 2.05) is 13.8 Å². The Kier molecular flexibility index (Phi) is 3.90. The highest BCUT2D eigenvalue weighted by Gasteiger charge is 2.44. The molecule has 0 bridgehead atoms. The van der Waals surface area contributed by atoms with Gasteiger partial charge in [0.1, 0.15) is 5.54 Å². The van der Waals surface area contributed by atoms with Gasteiger partial charge in [-0.2, -0.15) is 0 Å². The molecule has 2 saturated heterocycles. The van der Waals surface area contributed by atoms with Gasteiger partial charge in [-0.15, -0.1) is 0 Å². The van der Waals surface area contributed by atoms with Crippen molar-refractivity contribution in [2.45, 2.75) is 38.6 Å². The number of carbonyl (C=O) groups is 2. The smallest absolute Gasteiger partial charge is 0.248 e. The van der Waals surface area contributed by atoms with E-state index in [4.69, 9.17) is 4.74 Å². The Morgan fingerprint density at radius 3 is 2.67 bits per heavy atom. The van der Waals surface area contributed by atoms with E-state index >= 15 is 0 Å². The second-order valence-corrected chi connectivity index (χ2v) is 5.25. The van der Waals surface area contributed by atoms with Crippen molar-refractivity contribution in [3.05, 3.63) is 0 Å². The summed E-state index contributed by atoms with van der Waals surface area (Å²) in [6.07, 6.45) is 2.27. The van der Waals surface area contributed by atoms with Gasteiger partial charge in [0.15, 0.2) is 0 Å². The van der Waals surface area contributed by atoms with Gasteiger partial charge in [0.2, 0.25) is 11.8 Å². The normalized spacial score (nSPS) is 27.4. The molecule has 2 heterocycles. The summed E-state index contributed by atoms with van der Waals surface area (Å²) in [6.45, 7) is 6.21. The van der Waals surface area contributed by atoms with Crippen LogP contribution < -0.4 is 5.32 Å². The van der Waals surface area contributed by atoms with Crippen LogP contribution in [0.4, 0.5) is 0 Å². The van der Waals surface area contributed by atoms with Crippen LogP contribution in [0.3, 0.4) is 0 Å². The molecule has 2 fully saturated rings. The summed E-state index contributed by atoms with van der Waals surface area (Å²) in [5, 5.41) is 2.87. The quantitative estimate of drug-likeness (QED) is 0.796. The van der Waals surface area contributed by atoms with Crippen molar-refractivity contribution in [3.8, 4) is 0 Å². The van der Waals surface area contributed by atoms with Crippen molar-refractivity contribution in [3.63, 3.8) is 0 Å². The van der Waals surface area contributed by atoms with Crippen LogP contribution in [-0.4, -0.2) is 48.6 Å². The number of nitrogens with zero attached hydrogens (tertiary/aromatic N) is 1. The SMILES string of the molecule is CCC1(CC)NC(=O)CN(CC2CCOC2)C1=O. The lowest BCUT2D eigenvalue weighted by Crippen LogP contribution is -2.66. The maximum Gasteiger partial charge on any atom is 0.248 e. The standard InChI is InChI=1S/C13H22N2O3/c1-3-13(4-2)12(17)15(8-11(16)14-13)7-10-5-6-18-9-10/h10H,3-9H2,1-2H3,(H,14,16). The second kappa shape index (κ2) is 5.26. The minimum absolute atomic E-state index is 0.0442. The topological polar surface area (TPSA) is 58.6 Å². The first-order chi connectivity index (χ1) is 8.61. The predicted octanol–water partition coefficient (Wildman–Crippen LogP) is 0.540. The zero-order chi connectivity index (χ0) is 13.2. The number of hydrogen-bond donors (Lipinski definition) is 1. The maximum absolute atomic E-state index is 12.5. The highest BCUT2D eigenvalue weighted by atomic mass is 16.5. The van der Waals surface area contributed by atoms with Crippen LogP contribution >= 0.6 is 0 Å². The first-order valence-electron chi connectivity index (χ1n) is 6.79. The molecule has 0 aromatic carbocycles. The number of hydrogen-bond acceptors (Lipinski definition) is 3. The third kappa shape index (κ3) is 2.36. The van der Waals surface area contributed by atoms with Crippen molar-refractivity contribution in [1.29, 1.82) is 0 Å². The van der Waals surface area contributed by atoms with Gasteiger partial charge in [-0.1, -0.05) is 13.8 Å². The number of piperazine rings is 1. The molecule has 0 saturated carbocycles. The summed E-state index contributed by atoms with van der Waals surface area (Å²) >= 11 is 0. The van der Waals surface area contributed by atoms with Gasteiger partial charge in [0, 0.05) is 19.1 Å². The van der Waals surface area contributed by atoms with Crippen molar-refractivity contribution < 1.29 is 14.3 Å². The lowest BCUT2D eigenvalue weighted by Gasteiger charge is -2.41. The molecule has 0 aromatic rings. The Labute approximate surface area is 108 Å². The van der Waals surface area contributed by atoms with Crippen LogP contribution in [0.2, 0.25) is 0 Å². The van der Waals surface area contributed by atoms with Gasteiger partial charge >= 0.3 is 0 Å². The van der Waals surface area contributed by atoms with Crippen molar-refractivity contribution >= 4 is 11.8 Å². The lowest BCUT2D eigenvalue weighted by atomic mass is 9.88. The van der Waals surface area contributed by atoms with Crippen molar-refractivity contribution in [1.82, 2.24) is 10.2 Å². The van der Waals surface area contributed by atoms with Gasteiger partial charge in [0.25, 0.3) is 0 Å². The zero-order valence-electron chi connectivity index (χ0n) is 11.2. The largest absolute Gasteiger partial charge is 0.381 e. The van der Waals surface area contributed by atoms with Gasteiger partial charge in [-0.25, -0.2) is 0 Å². The number of rotatable bonds is 4. The number of ether oxygens (including phenoxy) is 1. The fourth-order valence-electron chi connectivity index (χ4n) is 2.82. The maximum atomic E-state index is 12.5. The second-order valence-electron chi connectivity index (χ2n) is 5.25. The average molecular weight is 254 g/mol. The summed E-state index contributed by atoms with van der Waals surface area (Å²) in [5.74, 6) is 0.405. The van der Waals surface area contributed by atoms with Crippen LogP contribution in [0.25, 0.3) is 0 Å². The van der Waals surface area contributed by atoms with Gasteiger partial charge in [-0.3, -0.25) is 9.59 Å². The molecule has 1 atom stereocenters. The highest BCUT2D eigenvalue weighted by Crippen LogP contribution is 2.24. The minimum atomic E-state index is -0.686. The summed E-state index contributed by atoms with van der Waals surface area (Å²) in [4.78, 5) is 26.0. The van der Waals surface area contributed by atoms with Crippen LogP contribution in [0.5, 0.6) is 0 Å². The van der Waals surface area contributed by atoms with E-state index in [0.717, 1.165) is 13.0 Å². The summed E-state index contributed by atoms with van der Waals surface area (Å²) in [7, 11) is 0. The Bertz CT molecular complexity index is 333. The Morgan fingerprint density at radius 1 is 1.39 bits per heavy atom. The number of carbonyl (C=O) groups excluding carboxylic acids is 2. The summed E-state index contributed by atoms with van der Waals surface area (Å²) in [6, 6.07) is 0. The molecule has 2 aliphatic heterocycles. The fourth-order valence-corrected chi connectivity index (χ4v) is 2.82. The Balaban J connectivity index is 2.09. The molecule has 0 aromatic heterocycles. The average Bonchev–Trinajstić information content (AvgIpc) is 2.86. The molecule has 0 aliphatic carbocycles. The molecular weight excluding hydrogens is 232 g/mol. The van der Waals surface area contributed by atoms with E-state index in [9.17, 15) is 9.59 Å². The van der Waals surface area contributed by atoms with Crippen LogP contribution in [-0.2, 0) is 14.3 Å². The Hall–Kier alpha value is -1.10. The molecule has 0 spiro atoms. The molecule has 18 heavy (non-hydrogen) atoms. The molecule has 1 unspecified atom stereocenters. The van der Waals surface area contributed by atoms with E-state index in [1.54, 1.807) is 4.90 Å². The highest BCUT2D eigenvalue weighted by molar-refractivity contribution is 5.97. The van der Waals surface area contributed by atoms with Crippen LogP contribution in [0, 0.1) is 5.92 Å². The van der Waals surface area contributed by atoms with E-state index in [-0.39, 0.29) is 18.4 Å². The van der Waals surface area contributed by atoms with Gasteiger partial charge in [0.05, 0.1) is 13.2 Å². The third-order valence-corrected chi connectivity index (χ3v) is 4.12. The summed E-state index contributed by atoms with van der Waals surface area (Å²) in [5.41, 5.74) is -0.686. The molecule has 2 aliphatic rings. The summed E-state index contributed by atoms with van der Waals surface area (Å²) < 4.78 is 5.33. The molecule has 0 radical (unpaired) electrons. The molecule has 5 nitrogen and oxygen atoms in total. The molecular formula is C13H22N2O3. The molecule has 2 rings (SSSR count). The molecule has 2 amide bonds. The Morgan fingerprint density at radius 2 is 2.11 bits per heavy atom. The minimum Gasteiger partial charge on any atom is -0.381 e. The lowest BCUT2D eigenvalue weighted by molar-refractivity contribution is -0.151. The third-order valence-electron chi connectivity index (χ3n) is 4.12. The molecule has 5 heteroatoms.